The zero-order chi connectivity index (χ0) is 28.7. The number of carbonyl (C=O) groups is 2. The van der Waals surface area contributed by atoms with E-state index in [0.717, 1.165) is 52.8 Å². The molecule has 4 aromatic rings. The summed E-state index contributed by atoms with van der Waals surface area (Å²) >= 11 is 0. The van der Waals surface area contributed by atoms with Crippen molar-refractivity contribution in [1.29, 1.82) is 0 Å². The molecule has 4 rings (SSSR count). The van der Waals surface area contributed by atoms with E-state index >= 15 is 0 Å². The summed E-state index contributed by atoms with van der Waals surface area (Å²) in [6, 6.07) is 21.3. The van der Waals surface area contributed by atoms with Gasteiger partial charge in [-0.25, -0.2) is 14.6 Å². The molecule has 0 radical (unpaired) electrons. The number of aromatic nitrogens is 2. The lowest BCUT2D eigenvalue weighted by molar-refractivity contribution is 0.00704. The lowest BCUT2D eigenvalue weighted by atomic mass is 9.98. The molecule has 3 aromatic carbocycles. The number of nitrogens with zero attached hydrogens (tertiary/aromatic N) is 2. The molecule has 1 heterocycles. The molecule has 208 valence electrons. The van der Waals surface area contributed by atoms with Gasteiger partial charge in [-0.2, -0.15) is 0 Å². The maximum absolute atomic E-state index is 12.9. The Bertz CT molecular complexity index is 1500. The minimum absolute atomic E-state index is 0.279. The molecule has 2 N–H and O–H groups in total. The Balaban J connectivity index is 1.62. The molecule has 0 bridgehead atoms. The van der Waals surface area contributed by atoms with Gasteiger partial charge in [-0.05, 0) is 68.1 Å². The molecule has 0 atom stereocenters. The number of esters is 1. The van der Waals surface area contributed by atoms with Gasteiger partial charge in [-0.1, -0.05) is 61.9 Å². The Morgan fingerprint density at radius 1 is 1.05 bits per heavy atom. The highest BCUT2D eigenvalue weighted by Crippen LogP contribution is 2.28. The average molecular weight is 539 g/mol. The molecular formula is C33H38N4O3. The minimum atomic E-state index is -0.568. The summed E-state index contributed by atoms with van der Waals surface area (Å²) in [5, 5.41) is 5.63. The number of unbranched alkanes of at least 4 members (excludes halogenated alkanes) is 1. The molecule has 0 spiro atoms. The van der Waals surface area contributed by atoms with Gasteiger partial charge < -0.3 is 19.9 Å². The summed E-state index contributed by atoms with van der Waals surface area (Å²) in [5.41, 5.74) is 5.43. The number of ether oxygens (including phenoxy) is 1. The summed E-state index contributed by atoms with van der Waals surface area (Å²) in [5.74, 6) is 0.685. The first kappa shape index (κ1) is 28.6. The first-order valence-corrected chi connectivity index (χ1v) is 13.7. The smallest absolute Gasteiger partial charge is 0.339 e. The van der Waals surface area contributed by atoms with Crippen LogP contribution in [0.2, 0.25) is 0 Å². The first-order valence-electron chi connectivity index (χ1n) is 13.7. The molecular weight excluding hydrogens is 500 g/mol. The fourth-order valence-corrected chi connectivity index (χ4v) is 4.51. The Hall–Kier alpha value is -4.39. The van der Waals surface area contributed by atoms with E-state index in [2.05, 4.69) is 40.8 Å². The molecule has 0 aliphatic rings. The van der Waals surface area contributed by atoms with Crippen LogP contribution in [0.1, 0.15) is 62.3 Å². The molecule has 0 saturated carbocycles. The molecule has 0 saturated heterocycles. The van der Waals surface area contributed by atoms with E-state index in [1.807, 2.05) is 69.3 Å². The second-order valence-corrected chi connectivity index (χ2v) is 10.8. The number of benzene rings is 3. The Kier molecular flexibility index (Phi) is 9.04. The van der Waals surface area contributed by atoms with Crippen molar-refractivity contribution >= 4 is 28.7 Å². The molecule has 7 heteroatoms. The number of carbonyl (C=O) groups excluding carboxylic acids is 2. The standard InChI is InChI=1S/C33H38N4O3/c1-6-8-13-30-36-28-19-18-25(35-32(39)34-20-7-2)21-29(28)37(30)22-23-14-16-24(17-15-23)26-11-9-10-12-27(26)31(38)40-33(3,4)5/h7,9-12,14-19,21H,2,6,8,13,20,22H2,1,3-5H3,(H2,34,35,39). The van der Waals surface area contributed by atoms with E-state index in [1.165, 1.54) is 0 Å². The number of hydrogen-bond acceptors (Lipinski definition) is 4. The van der Waals surface area contributed by atoms with Gasteiger partial charge in [-0.3, -0.25) is 0 Å². The second-order valence-electron chi connectivity index (χ2n) is 10.8. The van der Waals surface area contributed by atoms with E-state index in [-0.39, 0.29) is 12.0 Å². The molecule has 0 aliphatic heterocycles. The quantitative estimate of drug-likeness (QED) is 0.163. The predicted octanol–water partition coefficient (Wildman–Crippen LogP) is 7.36. The van der Waals surface area contributed by atoms with Crippen LogP contribution in [0.4, 0.5) is 10.5 Å². The van der Waals surface area contributed by atoms with Gasteiger partial charge in [0.05, 0.1) is 16.6 Å². The van der Waals surface area contributed by atoms with Crippen molar-refractivity contribution in [2.45, 2.75) is 59.1 Å². The monoisotopic (exact) mass is 538 g/mol. The van der Waals surface area contributed by atoms with Crippen molar-refractivity contribution in [2.24, 2.45) is 0 Å². The summed E-state index contributed by atoms with van der Waals surface area (Å²) in [6.07, 6.45) is 4.62. The molecule has 0 fully saturated rings. The molecule has 2 amide bonds. The number of imidazole rings is 1. The van der Waals surface area contributed by atoms with E-state index in [1.54, 1.807) is 12.1 Å². The van der Waals surface area contributed by atoms with Crippen molar-refractivity contribution < 1.29 is 14.3 Å². The molecule has 40 heavy (non-hydrogen) atoms. The van der Waals surface area contributed by atoms with Gasteiger partial charge in [-0.15, -0.1) is 6.58 Å². The van der Waals surface area contributed by atoms with Crippen molar-refractivity contribution in [3.8, 4) is 11.1 Å². The summed E-state index contributed by atoms with van der Waals surface area (Å²) in [4.78, 5) is 30.0. The lowest BCUT2D eigenvalue weighted by Crippen LogP contribution is -2.28. The van der Waals surface area contributed by atoms with Gasteiger partial charge in [0.15, 0.2) is 0 Å². The SMILES string of the molecule is C=CCNC(=O)Nc1ccc2nc(CCCC)n(Cc3ccc(-c4ccccc4C(=O)OC(C)(C)C)cc3)c2c1. The van der Waals surface area contributed by atoms with Crippen LogP contribution in [-0.4, -0.2) is 33.7 Å². The largest absolute Gasteiger partial charge is 0.456 e. The number of hydrogen-bond donors (Lipinski definition) is 2. The Morgan fingerprint density at radius 2 is 1.80 bits per heavy atom. The van der Waals surface area contributed by atoms with Gasteiger partial charge in [0.25, 0.3) is 0 Å². The fraction of sp³-hybridized carbons (Fsp3) is 0.303. The van der Waals surface area contributed by atoms with Gasteiger partial charge in [0.1, 0.15) is 11.4 Å². The van der Waals surface area contributed by atoms with Gasteiger partial charge >= 0.3 is 12.0 Å². The average Bonchev–Trinajstić information content (AvgIpc) is 3.26. The van der Waals surface area contributed by atoms with Crippen LogP contribution >= 0.6 is 0 Å². The fourth-order valence-electron chi connectivity index (χ4n) is 4.51. The highest BCUT2D eigenvalue weighted by atomic mass is 16.6. The number of fused-ring (bicyclic) bond motifs is 1. The maximum atomic E-state index is 12.9. The number of amides is 2. The number of anilines is 1. The zero-order valence-corrected chi connectivity index (χ0v) is 23.8. The Morgan fingerprint density at radius 3 is 2.50 bits per heavy atom. The van der Waals surface area contributed by atoms with Crippen molar-refractivity contribution in [3.05, 3.63) is 96.3 Å². The third-order valence-corrected chi connectivity index (χ3v) is 6.40. The highest BCUT2D eigenvalue weighted by Gasteiger charge is 2.21. The molecule has 7 nitrogen and oxygen atoms in total. The van der Waals surface area contributed by atoms with E-state index in [0.29, 0.717) is 24.3 Å². The molecule has 1 aromatic heterocycles. The van der Waals surface area contributed by atoms with Crippen LogP contribution in [0.5, 0.6) is 0 Å². The van der Waals surface area contributed by atoms with Gasteiger partial charge in [0, 0.05) is 25.2 Å². The van der Waals surface area contributed by atoms with Crippen LogP contribution in [-0.2, 0) is 17.7 Å². The summed E-state index contributed by atoms with van der Waals surface area (Å²) in [7, 11) is 0. The zero-order valence-electron chi connectivity index (χ0n) is 23.8. The third kappa shape index (κ3) is 7.17. The van der Waals surface area contributed by atoms with Crippen LogP contribution < -0.4 is 10.6 Å². The number of aryl methyl sites for hydroxylation is 1. The normalized spacial score (nSPS) is 11.3. The second kappa shape index (κ2) is 12.6. The van der Waals surface area contributed by atoms with Gasteiger partial charge in [0.2, 0.25) is 0 Å². The number of nitrogens with one attached hydrogen (secondary N) is 2. The van der Waals surface area contributed by atoms with E-state index in [4.69, 9.17) is 9.72 Å². The van der Waals surface area contributed by atoms with E-state index in [9.17, 15) is 9.59 Å². The lowest BCUT2D eigenvalue weighted by Gasteiger charge is -2.20. The maximum Gasteiger partial charge on any atom is 0.339 e. The van der Waals surface area contributed by atoms with Crippen molar-refractivity contribution in [3.63, 3.8) is 0 Å². The molecule has 0 unspecified atom stereocenters. The number of rotatable bonds is 10. The molecule has 0 aliphatic carbocycles. The summed E-state index contributed by atoms with van der Waals surface area (Å²) < 4.78 is 7.86. The van der Waals surface area contributed by atoms with Crippen LogP contribution in [0.3, 0.4) is 0 Å². The van der Waals surface area contributed by atoms with Crippen LogP contribution in [0.25, 0.3) is 22.2 Å². The summed E-state index contributed by atoms with van der Waals surface area (Å²) in [6.45, 7) is 12.4. The van der Waals surface area contributed by atoms with Crippen molar-refractivity contribution in [2.75, 3.05) is 11.9 Å². The topological polar surface area (TPSA) is 85.3 Å². The van der Waals surface area contributed by atoms with Crippen molar-refractivity contribution in [1.82, 2.24) is 14.9 Å². The van der Waals surface area contributed by atoms with E-state index < -0.39 is 5.60 Å². The van der Waals surface area contributed by atoms with Crippen LogP contribution in [0, 0.1) is 0 Å². The minimum Gasteiger partial charge on any atom is -0.456 e. The number of urea groups is 1. The third-order valence-electron chi connectivity index (χ3n) is 6.40. The Labute approximate surface area is 236 Å². The first-order chi connectivity index (χ1) is 19.2. The predicted molar refractivity (Wildman–Crippen MR) is 162 cm³/mol. The van der Waals surface area contributed by atoms with Crippen LogP contribution in [0.15, 0.2) is 79.4 Å². The highest BCUT2D eigenvalue weighted by molar-refractivity contribution is 5.97.